The summed E-state index contributed by atoms with van der Waals surface area (Å²) in [4.78, 5) is 2.88. The van der Waals surface area contributed by atoms with Crippen LogP contribution in [0.3, 0.4) is 0 Å². The molecule has 1 heterocycles. The molecule has 0 saturated carbocycles. The van der Waals surface area contributed by atoms with E-state index in [0.29, 0.717) is 5.69 Å². The number of aromatic amines is 1. The molecular formula is C14H10BrN3O. The van der Waals surface area contributed by atoms with Crippen LogP contribution in [-0.2, 0) is 0 Å². The molecule has 5 heteroatoms. The maximum absolute atomic E-state index is 9.91. The van der Waals surface area contributed by atoms with E-state index in [1.54, 1.807) is 0 Å². The number of fused-ring (bicyclic) bond motifs is 1. The average molecular weight is 316 g/mol. The number of H-pyrrole nitrogens is 1. The second-order valence-electron chi connectivity index (χ2n) is 4.02. The van der Waals surface area contributed by atoms with Crippen molar-refractivity contribution in [3.05, 3.63) is 53.0 Å². The molecule has 0 saturated heterocycles. The number of rotatable bonds is 2. The summed E-state index contributed by atoms with van der Waals surface area (Å²) in [6.07, 6.45) is 0. The van der Waals surface area contributed by atoms with Crippen molar-refractivity contribution in [2.24, 2.45) is 10.2 Å². The Balaban J connectivity index is 2.11. The van der Waals surface area contributed by atoms with Gasteiger partial charge in [-0.05, 0) is 24.3 Å². The first-order valence-corrected chi connectivity index (χ1v) is 6.51. The molecule has 0 aliphatic carbocycles. The van der Waals surface area contributed by atoms with Gasteiger partial charge in [-0.25, -0.2) is 0 Å². The molecule has 0 radical (unpaired) electrons. The van der Waals surface area contributed by atoms with E-state index in [2.05, 4.69) is 31.1 Å². The first-order chi connectivity index (χ1) is 9.25. The summed E-state index contributed by atoms with van der Waals surface area (Å²) < 4.78 is 0.864. The van der Waals surface area contributed by atoms with Crippen molar-refractivity contribution in [3.8, 4) is 5.88 Å². The van der Waals surface area contributed by atoms with E-state index in [0.717, 1.165) is 21.1 Å². The van der Waals surface area contributed by atoms with Gasteiger partial charge in [-0.2, -0.15) is 5.11 Å². The highest BCUT2D eigenvalue weighted by atomic mass is 79.9. The van der Waals surface area contributed by atoms with Crippen molar-refractivity contribution in [1.82, 2.24) is 4.98 Å². The minimum Gasteiger partial charge on any atom is -0.493 e. The fraction of sp³-hybridized carbons (Fsp3) is 0. The molecule has 0 aliphatic heterocycles. The van der Waals surface area contributed by atoms with Crippen molar-refractivity contribution in [3.63, 3.8) is 0 Å². The van der Waals surface area contributed by atoms with Crippen LogP contribution in [0.1, 0.15) is 0 Å². The first kappa shape index (κ1) is 11.9. The Morgan fingerprint density at radius 1 is 0.947 bits per heavy atom. The van der Waals surface area contributed by atoms with Gasteiger partial charge in [-0.1, -0.05) is 40.2 Å². The Hall–Kier alpha value is -2.14. The van der Waals surface area contributed by atoms with Crippen LogP contribution in [0.4, 0.5) is 11.4 Å². The Labute approximate surface area is 117 Å². The third-order valence-corrected chi connectivity index (χ3v) is 3.41. The minimum atomic E-state index is 0.0154. The number of aromatic hydroxyl groups is 1. The molecule has 2 N–H and O–H groups in total. The molecule has 0 fully saturated rings. The van der Waals surface area contributed by atoms with E-state index in [4.69, 9.17) is 0 Å². The zero-order chi connectivity index (χ0) is 13.2. The smallest absolute Gasteiger partial charge is 0.218 e. The molecular weight excluding hydrogens is 306 g/mol. The van der Waals surface area contributed by atoms with E-state index in [1.165, 1.54) is 0 Å². The SMILES string of the molecule is Oc1[nH]c2cccc(Br)c2c1N=Nc1ccccc1. The van der Waals surface area contributed by atoms with E-state index in [9.17, 15) is 5.11 Å². The second kappa shape index (κ2) is 4.85. The number of aromatic nitrogens is 1. The van der Waals surface area contributed by atoms with E-state index >= 15 is 0 Å². The average Bonchev–Trinajstić information content (AvgIpc) is 2.75. The summed E-state index contributed by atoms with van der Waals surface area (Å²) in [6, 6.07) is 15.1. The molecule has 1 aromatic heterocycles. The Bertz CT molecular complexity index is 750. The third kappa shape index (κ3) is 2.24. The fourth-order valence-electron chi connectivity index (χ4n) is 1.87. The number of azo groups is 1. The lowest BCUT2D eigenvalue weighted by Gasteiger charge is -1.95. The highest BCUT2D eigenvalue weighted by molar-refractivity contribution is 9.10. The Morgan fingerprint density at radius 3 is 2.53 bits per heavy atom. The quantitative estimate of drug-likeness (QED) is 0.638. The van der Waals surface area contributed by atoms with Crippen molar-refractivity contribution in [1.29, 1.82) is 0 Å². The lowest BCUT2D eigenvalue weighted by molar-refractivity contribution is 0.459. The van der Waals surface area contributed by atoms with Crippen LogP contribution in [0.2, 0.25) is 0 Å². The van der Waals surface area contributed by atoms with E-state index in [-0.39, 0.29) is 5.88 Å². The Kier molecular flexibility index (Phi) is 3.05. The largest absolute Gasteiger partial charge is 0.493 e. The van der Waals surface area contributed by atoms with Gasteiger partial charge in [0.1, 0.15) is 0 Å². The van der Waals surface area contributed by atoms with Crippen molar-refractivity contribution in [2.45, 2.75) is 0 Å². The van der Waals surface area contributed by atoms with Crippen LogP contribution in [0, 0.1) is 0 Å². The van der Waals surface area contributed by atoms with Crippen LogP contribution in [0.5, 0.6) is 5.88 Å². The number of halogens is 1. The van der Waals surface area contributed by atoms with Crippen molar-refractivity contribution in [2.75, 3.05) is 0 Å². The molecule has 2 aromatic carbocycles. The molecule has 3 rings (SSSR count). The first-order valence-electron chi connectivity index (χ1n) is 5.71. The minimum absolute atomic E-state index is 0.0154. The van der Waals surface area contributed by atoms with Crippen LogP contribution in [-0.4, -0.2) is 10.1 Å². The number of nitrogens with one attached hydrogen (secondary N) is 1. The maximum atomic E-state index is 9.91. The van der Waals surface area contributed by atoms with Gasteiger partial charge in [-0.3, -0.25) is 0 Å². The summed E-state index contributed by atoms with van der Waals surface area (Å²) in [5, 5.41) is 19.0. The lowest BCUT2D eigenvalue weighted by Crippen LogP contribution is -1.68. The van der Waals surface area contributed by atoms with Crippen molar-refractivity contribution >= 4 is 38.2 Å². The van der Waals surface area contributed by atoms with Crippen LogP contribution < -0.4 is 0 Å². The van der Waals surface area contributed by atoms with Gasteiger partial charge in [-0.15, -0.1) is 5.11 Å². The van der Waals surface area contributed by atoms with Crippen LogP contribution in [0.25, 0.3) is 10.9 Å². The van der Waals surface area contributed by atoms with E-state index < -0.39 is 0 Å². The highest BCUT2D eigenvalue weighted by Crippen LogP contribution is 2.40. The molecule has 0 atom stereocenters. The summed E-state index contributed by atoms with van der Waals surface area (Å²) in [5.41, 5.74) is 1.99. The van der Waals surface area contributed by atoms with Gasteiger partial charge in [0.2, 0.25) is 5.88 Å². The van der Waals surface area contributed by atoms with Crippen molar-refractivity contribution < 1.29 is 5.11 Å². The van der Waals surface area contributed by atoms with Gasteiger partial charge in [0.25, 0.3) is 0 Å². The predicted molar refractivity (Wildman–Crippen MR) is 78.3 cm³/mol. The van der Waals surface area contributed by atoms with E-state index in [1.807, 2.05) is 48.5 Å². The molecule has 3 aromatic rings. The van der Waals surface area contributed by atoms with Gasteiger partial charge in [0.15, 0.2) is 5.69 Å². The number of hydrogen-bond donors (Lipinski definition) is 2. The maximum Gasteiger partial charge on any atom is 0.218 e. The van der Waals surface area contributed by atoms with Gasteiger partial charge in [0, 0.05) is 9.86 Å². The van der Waals surface area contributed by atoms with Gasteiger partial charge in [0.05, 0.1) is 11.2 Å². The van der Waals surface area contributed by atoms with Gasteiger partial charge < -0.3 is 10.1 Å². The second-order valence-corrected chi connectivity index (χ2v) is 4.87. The number of hydrogen-bond acceptors (Lipinski definition) is 3. The summed E-state index contributed by atoms with van der Waals surface area (Å²) in [7, 11) is 0. The lowest BCUT2D eigenvalue weighted by atomic mass is 10.2. The standard InChI is InChI=1S/C14H10BrN3O/c15-10-7-4-8-11-12(10)13(14(19)16-11)18-17-9-5-2-1-3-6-9/h1-8,16,19H. The predicted octanol–water partition coefficient (Wildman–Crippen LogP) is 5.05. The zero-order valence-electron chi connectivity index (χ0n) is 9.84. The van der Waals surface area contributed by atoms with Crippen LogP contribution in [0.15, 0.2) is 63.2 Å². The normalized spacial score (nSPS) is 11.4. The number of benzene rings is 2. The molecule has 94 valence electrons. The molecule has 0 spiro atoms. The topological polar surface area (TPSA) is 60.7 Å². The third-order valence-electron chi connectivity index (χ3n) is 2.75. The number of nitrogens with zero attached hydrogens (tertiary/aromatic N) is 2. The van der Waals surface area contributed by atoms with Crippen LogP contribution >= 0.6 is 15.9 Å². The monoisotopic (exact) mass is 315 g/mol. The molecule has 0 aliphatic rings. The molecule has 0 bridgehead atoms. The summed E-state index contributed by atoms with van der Waals surface area (Å²) >= 11 is 3.45. The fourth-order valence-corrected chi connectivity index (χ4v) is 2.43. The summed E-state index contributed by atoms with van der Waals surface area (Å²) in [6.45, 7) is 0. The zero-order valence-corrected chi connectivity index (χ0v) is 11.4. The Morgan fingerprint density at radius 2 is 1.74 bits per heavy atom. The molecule has 4 nitrogen and oxygen atoms in total. The molecule has 0 unspecified atom stereocenters. The summed E-state index contributed by atoms with van der Waals surface area (Å²) in [5.74, 6) is 0.0154. The highest BCUT2D eigenvalue weighted by Gasteiger charge is 2.12. The molecule has 19 heavy (non-hydrogen) atoms. The molecule has 0 amide bonds. The van der Waals surface area contributed by atoms with Gasteiger partial charge >= 0.3 is 0 Å².